The lowest BCUT2D eigenvalue weighted by Crippen LogP contribution is -2.36. The van der Waals surface area contributed by atoms with Crippen LogP contribution in [0, 0.1) is 13.8 Å². The lowest BCUT2D eigenvalue weighted by atomic mass is 9.79. The second kappa shape index (κ2) is 7.48. The van der Waals surface area contributed by atoms with Crippen molar-refractivity contribution >= 4 is 11.4 Å². The molecule has 0 aliphatic heterocycles. The lowest BCUT2D eigenvalue weighted by Gasteiger charge is -2.25. The Labute approximate surface area is 168 Å². The first-order valence-electron chi connectivity index (χ1n) is 10.0. The largest absolute Gasteiger partial charge is 0.394 e. The van der Waals surface area contributed by atoms with Crippen LogP contribution in [0.25, 0.3) is 16.8 Å². The van der Waals surface area contributed by atoms with E-state index in [9.17, 15) is 14.7 Å². The van der Waals surface area contributed by atoms with E-state index in [1.54, 1.807) is 13.1 Å². The minimum atomic E-state index is -0.383. The molecule has 7 nitrogen and oxygen atoms in total. The Morgan fingerprint density at radius 1 is 1.34 bits per heavy atom. The van der Waals surface area contributed by atoms with Crippen molar-refractivity contribution in [1.29, 1.82) is 0 Å². The van der Waals surface area contributed by atoms with E-state index in [1.807, 2.05) is 32.0 Å². The molecule has 2 aromatic heterocycles. The number of aromatic amines is 1. The Hall–Kier alpha value is -2.93. The minimum Gasteiger partial charge on any atom is -0.394 e. The third-order valence-electron chi connectivity index (χ3n) is 5.86. The molecule has 0 saturated heterocycles. The summed E-state index contributed by atoms with van der Waals surface area (Å²) in [5.74, 6) is -0.199. The van der Waals surface area contributed by atoms with E-state index in [2.05, 4.69) is 15.4 Å². The summed E-state index contributed by atoms with van der Waals surface area (Å²) in [4.78, 5) is 28.8. The van der Waals surface area contributed by atoms with Gasteiger partial charge in [-0.2, -0.15) is 5.10 Å². The van der Waals surface area contributed by atoms with Crippen LogP contribution in [0.15, 0.2) is 29.2 Å². The fourth-order valence-corrected chi connectivity index (χ4v) is 3.75. The molecule has 1 aliphatic rings. The second-order valence-corrected chi connectivity index (χ2v) is 8.04. The molecule has 29 heavy (non-hydrogen) atoms. The molecule has 3 N–H and O–H groups in total. The molecule has 1 amide bonds. The van der Waals surface area contributed by atoms with Crippen molar-refractivity contribution in [3.8, 4) is 11.3 Å². The number of aliphatic hydroxyl groups is 1. The van der Waals surface area contributed by atoms with Gasteiger partial charge in [-0.15, -0.1) is 0 Å². The number of aryl methyl sites for hydroxylation is 2. The van der Waals surface area contributed by atoms with Crippen LogP contribution in [-0.4, -0.2) is 38.3 Å². The van der Waals surface area contributed by atoms with E-state index in [-0.39, 0.29) is 35.7 Å². The third kappa shape index (κ3) is 3.46. The fourth-order valence-electron chi connectivity index (χ4n) is 3.75. The van der Waals surface area contributed by atoms with Crippen molar-refractivity contribution in [2.24, 2.45) is 0 Å². The van der Waals surface area contributed by atoms with Gasteiger partial charge >= 0.3 is 0 Å². The summed E-state index contributed by atoms with van der Waals surface area (Å²) in [6.45, 7) is 5.64. The summed E-state index contributed by atoms with van der Waals surface area (Å²) < 4.78 is 1.54. The molecule has 0 spiro atoms. The van der Waals surface area contributed by atoms with Crippen LogP contribution < -0.4 is 10.9 Å². The monoisotopic (exact) mass is 394 g/mol. The molecule has 0 radical (unpaired) electrons. The Kier molecular flexibility index (Phi) is 5.00. The number of carbonyl (C=O) groups excluding carboxylic acids is 1. The molecule has 0 bridgehead atoms. The predicted molar refractivity (Wildman–Crippen MR) is 111 cm³/mol. The number of carbonyl (C=O) groups is 1. The van der Waals surface area contributed by atoms with Crippen molar-refractivity contribution < 1.29 is 9.90 Å². The SMILES string of the molecule is Cc1ccc(-c2cn3nc(C(=O)N[C@@H](C)CO)c(C4CCC4)c3c(=O)[nH]2)cc1C. The number of amides is 1. The molecule has 7 heteroatoms. The van der Waals surface area contributed by atoms with Crippen molar-refractivity contribution in [2.45, 2.75) is 52.0 Å². The molecule has 1 atom stereocenters. The summed E-state index contributed by atoms with van der Waals surface area (Å²) >= 11 is 0. The van der Waals surface area contributed by atoms with E-state index in [0.29, 0.717) is 16.8 Å². The number of hydrogen-bond acceptors (Lipinski definition) is 4. The van der Waals surface area contributed by atoms with Crippen molar-refractivity contribution in [2.75, 3.05) is 6.61 Å². The fraction of sp³-hybridized carbons (Fsp3) is 0.409. The number of H-pyrrole nitrogens is 1. The first kappa shape index (κ1) is 19.4. The zero-order valence-electron chi connectivity index (χ0n) is 17.0. The average molecular weight is 394 g/mol. The summed E-state index contributed by atoms with van der Waals surface area (Å²) in [6.07, 6.45) is 4.73. The van der Waals surface area contributed by atoms with E-state index in [4.69, 9.17) is 0 Å². The highest BCUT2D eigenvalue weighted by Gasteiger charge is 2.31. The summed E-state index contributed by atoms with van der Waals surface area (Å²) in [5, 5.41) is 16.5. The maximum atomic E-state index is 13.0. The first-order valence-corrected chi connectivity index (χ1v) is 10.0. The number of nitrogens with zero attached hydrogens (tertiary/aromatic N) is 2. The van der Waals surface area contributed by atoms with E-state index in [0.717, 1.165) is 30.4 Å². The van der Waals surface area contributed by atoms with Crippen molar-refractivity contribution in [3.63, 3.8) is 0 Å². The van der Waals surface area contributed by atoms with Gasteiger partial charge in [0.25, 0.3) is 11.5 Å². The molecule has 0 unspecified atom stereocenters. The number of aromatic nitrogens is 3. The summed E-state index contributed by atoms with van der Waals surface area (Å²) in [7, 11) is 0. The van der Waals surface area contributed by atoms with Gasteiger partial charge in [-0.25, -0.2) is 4.52 Å². The Balaban J connectivity index is 1.86. The number of benzene rings is 1. The van der Waals surface area contributed by atoms with Gasteiger partial charge in [0.15, 0.2) is 5.69 Å². The van der Waals surface area contributed by atoms with Crippen LogP contribution >= 0.6 is 0 Å². The first-order chi connectivity index (χ1) is 13.9. The topological polar surface area (TPSA) is 99.5 Å². The van der Waals surface area contributed by atoms with Gasteiger partial charge in [-0.1, -0.05) is 18.6 Å². The maximum absolute atomic E-state index is 13.0. The van der Waals surface area contributed by atoms with Crippen LogP contribution in [0.2, 0.25) is 0 Å². The molecule has 3 aromatic rings. The van der Waals surface area contributed by atoms with Crippen molar-refractivity contribution in [1.82, 2.24) is 19.9 Å². The Morgan fingerprint density at radius 2 is 2.10 bits per heavy atom. The lowest BCUT2D eigenvalue weighted by molar-refractivity contribution is 0.0915. The average Bonchev–Trinajstić information content (AvgIpc) is 3.02. The Morgan fingerprint density at radius 3 is 2.72 bits per heavy atom. The van der Waals surface area contributed by atoms with E-state index in [1.165, 1.54) is 10.1 Å². The van der Waals surface area contributed by atoms with Crippen LogP contribution in [0.3, 0.4) is 0 Å². The number of hydrogen-bond donors (Lipinski definition) is 3. The molecular weight excluding hydrogens is 368 g/mol. The smallest absolute Gasteiger partial charge is 0.274 e. The maximum Gasteiger partial charge on any atom is 0.274 e. The number of rotatable bonds is 5. The van der Waals surface area contributed by atoms with Crippen molar-refractivity contribution in [3.05, 3.63) is 57.1 Å². The van der Waals surface area contributed by atoms with Gasteiger partial charge in [0, 0.05) is 11.6 Å². The zero-order valence-corrected chi connectivity index (χ0v) is 17.0. The quantitative estimate of drug-likeness (QED) is 0.619. The normalized spacial score (nSPS) is 15.3. The van der Waals surface area contributed by atoms with Gasteiger partial charge in [-0.3, -0.25) is 9.59 Å². The predicted octanol–water partition coefficient (Wildman–Crippen LogP) is 2.68. The van der Waals surface area contributed by atoms with Gasteiger partial charge in [0.1, 0.15) is 5.52 Å². The molecular formula is C22H26N4O3. The highest BCUT2D eigenvalue weighted by atomic mass is 16.3. The number of nitrogens with one attached hydrogen (secondary N) is 2. The van der Waals surface area contributed by atoms with Gasteiger partial charge in [-0.05, 0) is 62.3 Å². The zero-order chi connectivity index (χ0) is 20.7. The minimum absolute atomic E-state index is 0.157. The van der Waals surface area contributed by atoms with Crippen LogP contribution in [0.5, 0.6) is 0 Å². The molecule has 1 aromatic carbocycles. The summed E-state index contributed by atoms with van der Waals surface area (Å²) in [5.41, 5.74) is 5.05. The second-order valence-electron chi connectivity index (χ2n) is 8.04. The summed E-state index contributed by atoms with van der Waals surface area (Å²) in [6, 6.07) is 5.63. The van der Waals surface area contributed by atoms with Gasteiger partial charge < -0.3 is 15.4 Å². The molecule has 4 rings (SSSR count). The molecule has 1 fully saturated rings. The van der Waals surface area contributed by atoms with Gasteiger partial charge in [0.2, 0.25) is 0 Å². The van der Waals surface area contributed by atoms with Crippen LogP contribution in [-0.2, 0) is 0 Å². The molecule has 152 valence electrons. The standard InChI is InChI=1S/C22H26N4O3/c1-12-7-8-16(9-13(12)2)17-10-26-20(22(29)24-17)18(15-5-4-6-15)19(25-26)21(28)23-14(3)11-27/h7-10,14-15,27H,4-6,11H2,1-3H3,(H,23,28)(H,24,29)/t14-/m0/s1. The molecule has 2 heterocycles. The molecule has 1 saturated carbocycles. The van der Waals surface area contributed by atoms with Gasteiger partial charge in [0.05, 0.1) is 18.5 Å². The Bertz CT molecular complexity index is 1140. The van der Waals surface area contributed by atoms with Crippen LogP contribution in [0.1, 0.15) is 59.3 Å². The molecule has 1 aliphatic carbocycles. The van der Waals surface area contributed by atoms with E-state index >= 15 is 0 Å². The number of fused-ring (bicyclic) bond motifs is 1. The third-order valence-corrected chi connectivity index (χ3v) is 5.86. The van der Waals surface area contributed by atoms with Crippen LogP contribution in [0.4, 0.5) is 0 Å². The highest BCUT2D eigenvalue weighted by Crippen LogP contribution is 2.39. The van der Waals surface area contributed by atoms with E-state index < -0.39 is 0 Å². The number of aliphatic hydroxyl groups excluding tert-OH is 1. The highest BCUT2D eigenvalue weighted by molar-refractivity contribution is 5.96.